The first-order valence-corrected chi connectivity index (χ1v) is 12.7. The summed E-state index contributed by atoms with van der Waals surface area (Å²) in [7, 11) is -4.35. The maximum atomic E-state index is 13.3. The van der Waals surface area contributed by atoms with E-state index in [1.54, 1.807) is 16.9 Å². The van der Waals surface area contributed by atoms with E-state index >= 15 is 0 Å². The van der Waals surface area contributed by atoms with Crippen LogP contribution in [-0.4, -0.2) is 62.3 Å². The molecule has 0 aliphatic heterocycles. The number of benzene rings is 1. The van der Waals surface area contributed by atoms with Crippen molar-refractivity contribution in [2.24, 2.45) is 5.92 Å². The average molecular weight is 511 g/mol. The number of nitrogens with zero attached hydrogens (tertiary/aromatic N) is 4. The Morgan fingerprint density at radius 2 is 2.14 bits per heavy atom. The first-order valence-electron chi connectivity index (χ1n) is 11.3. The molecule has 0 bridgehead atoms. The average Bonchev–Trinajstić information content (AvgIpc) is 3.48. The highest BCUT2D eigenvalue weighted by Gasteiger charge is 2.34. The lowest BCUT2D eigenvalue weighted by molar-refractivity contribution is 0.103. The topological polar surface area (TPSA) is 159 Å². The van der Waals surface area contributed by atoms with E-state index in [9.17, 15) is 18.3 Å². The van der Waals surface area contributed by atoms with Gasteiger partial charge in [0, 0.05) is 36.5 Å². The highest BCUT2D eigenvalue weighted by molar-refractivity contribution is 7.83. The number of anilines is 1. The quantitative estimate of drug-likeness (QED) is 0.190. The Hall–Kier alpha value is -3.63. The number of hydrogen-bond acceptors (Lipinski definition) is 8. The second-order valence-electron chi connectivity index (χ2n) is 8.70. The maximum Gasteiger partial charge on any atom is 0.333 e. The van der Waals surface area contributed by atoms with Gasteiger partial charge in [-0.25, -0.2) is 9.97 Å². The third-order valence-corrected chi connectivity index (χ3v) is 6.79. The zero-order chi connectivity index (χ0) is 25.9. The van der Waals surface area contributed by atoms with Crippen molar-refractivity contribution in [3.05, 3.63) is 71.4 Å². The van der Waals surface area contributed by atoms with Crippen LogP contribution in [0.3, 0.4) is 0 Å². The summed E-state index contributed by atoms with van der Waals surface area (Å²) in [5, 5.41) is 17.9. The zero-order valence-electron chi connectivity index (χ0n) is 19.4. The molecule has 0 spiro atoms. The minimum Gasteiger partial charge on any atom is -0.393 e. The Kier molecular flexibility index (Phi) is 7.46. The van der Waals surface area contributed by atoms with Gasteiger partial charge in [-0.3, -0.25) is 14.0 Å². The summed E-state index contributed by atoms with van der Waals surface area (Å²) in [5.41, 5.74) is 2.15. The van der Waals surface area contributed by atoms with E-state index in [4.69, 9.17) is 11.0 Å². The Labute approximate surface area is 208 Å². The summed E-state index contributed by atoms with van der Waals surface area (Å²) in [6, 6.07) is 8.75. The maximum absolute atomic E-state index is 13.3. The molecule has 1 fully saturated rings. The predicted molar refractivity (Wildman–Crippen MR) is 132 cm³/mol. The van der Waals surface area contributed by atoms with E-state index in [0.717, 1.165) is 11.1 Å². The van der Waals surface area contributed by atoms with Crippen LogP contribution in [0.25, 0.3) is 0 Å². The number of hydrogen-bond donors (Lipinski definition) is 4. The van der Waals surface area contributed by atoms with Crippen LogP contribution in [0.15, 0.2) is 49.1 Å². The normalized spacial score (nSPS) is 20.6. The van der Waals surface area contributed by atoms with Gasteiger partial charge in [0.05, 0.1) is 17.7 Å². The number of nitrogens with one attached hydrogen (secondary N) is 2. The van der Waals surface area contributed by atoms with Crippen molar-refractivity contribution in [3.8, 4) is 12.3 Å². The third kappa shape index (κ3) is 5.95. The number of carbonyl (C=O) groups is 1. The Balaban J connectivity index is 1.48. The van der Waals surface area contributed by atoms with Gasteiger partial charge in [0.15, 0.2) is 0 Å². The van der Waals surface area contributed by atoms with Gasteiger partial charge in [-0.2, -0.15) is 18.2 Å². The standard InChI is InChI=1S/C24H26N6O5S/c1-3-16-5-4-6-17(9-16)15(2)30-8-7-21(29-30)23(32)20-13-25-14-26-24(20)28-19-10-18(22(31)11-19)12-27-36(33,34)35/h1,4-9,13-15,18-19,22,27,31H,10-12H2,2H3,(H,25,26,28)(H,33,34,35)/t15-,18+,19+,22-/m0/s1. The minimum absolute atomic E-state index is 0.104. The Bertz CT molecular complexity index is 1400. The number of ketones is 1. The summed E-state index contributed by atoms with van der Waals surface area (Å²) < 4.78 is 34.5. The van der Waals surface area contributed by atoms with Crippen LogP contribution in [0.1, 0.15) is 53.0 Å². The van der Waals surface area contributed by atoms with Gasteiger partial charge in [0.2, 0.25) is 5.78 Å². The summed E-state index contributed by atoms with van der Waals surface area (Å²) in [6.45, 7) is 1.85. The Morgan fingerprint density at radius 3 is 2.89 bits per heavy atom. The van der Waals surface area contributed by atoms with Crippen molar-refractivity contribution in [1.82, 2.24) is 24.5 Å². The molecule has 0 unspecified atom stereocenters. The summed E-state index contributed by atoms with van der Waals surface area (Å²) >= 11 is 0. The molecule has 12 heteroatoms. The minimum atomic E-state index is -4.35. The van der Waals surface area contributed by atoms with Gasteiger partial charge in [0.25, 0.3) is 0 Å². The summed E-state index contributed by atoms with van der Waals surface area (Å²) in [5.74, 6) is 2.13. The van der Waals surface area contributed by atoms with Crippen LogP contribution in [0.2, 0.25) is 0 Å². The first kappa shape index (κ1) is 25.5. The number of aromatic nitrogens is 4. The van der Waals surface area contributed by atoms with Crippen molar-refractivity contribution in [2.45, 2.75) is 38.0 Å². The molecule has 11 nitrogen and oxygen atoms in total. The number of rotatable bonds is 9. The fourth-order valence-electron chi connectivity index (χ4n) is 4.31. The molecule has 2 heterocycles. The molecule has 36 heavy (non-hydrogen) atoms. The number of aliphatic hydroxyl groups is 1. The van der Waals surface area contributed by atoms with E-state index in [-0.39, 0.29) is 35.7 Å². The highest BCUT2D eigenvalue weighted by Crippen LogP contribution is 2.29. The van der Waals surface area contributed by atoms with Crippen molar-refractivity contribution in [2.75, 3.05) is 11.9 Å². The van der Waals surface area contributed by atoms with Gasteiger partial charge in [-0.05, 0) is 43.5 Å². The molecule has 4 atom stereocenters. The SMILES string of the molecule is C#Cc1cccc([C@H](C)n2ccc(C(=O)c3cncnc3N[C@@H]3C[C@H](CNS(=O)(=O)O)[C@@H](O)C3)n2)c1. The molecule has 0 saturated heterocycles. The smallest absolute Gasteiger partial charge is 0.333 e. The summed E-state index contributed by atoms with van der Waals surface area (Å²) in [6.07, 6.45) is 9.86. The van der Waals surface area contributed by atoms with Crippen molar-refractivity contribution < 1.29 is 22.9 Å². The third-order valence-electron chi connectivity index (χ3n) is 6.26. The van der Waals surface area contributed by atoms with Crippen LogP contribution in [0.4, 0.5) is 5.82 Å². The lowest BCUT2D eigenvalue weighted by Gasteiger charge is -2.15. The van der Waals surface area contributed by atoms with E-state index in [0.29, 0.717) is 18.7 Å². The molecule has 0 amide bonds. The number of carbonyl (C=O) groups excluding carboxylic acids is 1. The van der Waals surface area contributed by atoms with Gasteiger partial charge >= 0.3 is 10.3 Å². The highest BCUT2D eigenvalue weighted by atomic mass is 32.2. The summed E-state index contributed by atoms with van der Waals surface area (Å²) in [4.78, 5) is 21.5. The second kappa shape index (κ2) is 10.5. The van der Waals surface area contributed by atoms with Crippen molar-refractivity contribution in [3.63, 3.8) is 0 Å². The molecule has 1 aromatic carbocycles. The van der Waals surface area contributed by atoms with Crippen molar-refractivity contribution >= 4 is 21.9 Å². The molecule has 4 N–H and O–H groups in total. The van der Waals surface area contributed by atoms with Crippen LogP contribution in [0, 0.1) is 18.3 Å². The van der Waals surface area contributed by atoms with Gasteiger partial charge in [-0.1, -0.05) is 18.1 Å². The Morgan fingerprint density at radius 1 is 1.33 bits per heavy atom. The fraction of sp³-hybridized carbons (Fsp3) is 0.333. The molecule has 188 valence electrons. The van der Waals surface area contributed by atoms with E-state index < -0.39 is 22.3 Å². The number of aliphatic hydroxyl groups excluding tert-OH is 1. The van der Waals surface area contributed by atoms with Crippen LogP contribution >= 0.6 is 0 Å². The van der Waals surface area contributed by atoms with Gasteiger partial charge in [-0.15, -0.1) is 6.42 Å². The molecule has 1 aliphatic rings. The molecular formula is C24H26N6O5S. The molecule has 1 aliphatic carbocycles. The van der Waals surface area contributed by atoms with E-state index in [1.165, 1.54) is 12.5 Å². The fourth-order valence-corrected chi connectivity index (χ4v) is 4.73. The van der Waals surface area contributed by atoms with Gasteiger partial charge < -0.3 is 10.4 Å². The molecule has 2 aromatic heterocycles. The molecule has 1 saturated carbocycles. The number of terminal acetylenes is 1. The lowest BCUT2D eigenvalue weighted by atomic mass is 10.1. The molecular weight excluding hydrogens is 484 g/mol. The van der Waals surface area contributed by atoms with E-state index in [1.807, 2.05) is 35.9 Å². The monoisotopic (exact) mass is 510 g/mol. The lowest BCUT2D eigenvalue weighted by Crippen LogP contribution is -2.32. The van der Waals surface area contributed by atoms with Crippen LogP contribution in [-0.2, 0) is 10.3 Å². The second-order valence-corrected chi connectivity index (χ2v) is 9.94. The van der Waals surface area contributed by atoms with Crippen LogP contribution in [0.5, 0.6) is 0 Å². The van der Waals surface area contributed by atoms with E-state index in [2.05, 4.69) is 26.3 Å². The van der Waals surface area contributed by atoms with Crippen LogP contribution < -0.4 is 10.0 Å². The zero-order valence-corrected chi connectivity index (χ0v) is 20.3. The molecule has 0 radical (unpaired) electrons. The predicted octanol–water partition coefficient (Wildman–Crippen LogP) is 1.44. The molecule has 4 rings (SSSR count). The molecule has 3 aromatic rings. The van der Waals surface area contributed by atoms with Crippen molar-refractivity contribution in [1.29, 1.82) is 0 Å². The first-order chi connectivity index (χ1) is 17.1. The largest absolute Gasteiger partial charge is 0.393 e. The van der Waals surface area contributed by atoms with Gasteiger partial charge in [0.1, 0.15) is 17.8 Å².